The zero-order valence-corrected chi connectivity index (χ0v) is 11.6. The Bertz CT molecular complexity index is 489. The number of nitrogens with one attached hydrogen (secondary N) is 1. The highest BCUT2D eigenvalue weighted by molar-refractivity contribution is 5.78. The van der Waals surface area contributed by atoms with Gasteiger partial charge in [0.15, 0.2) is 5.76 Å². The molecule has 1 aliphatic rings. The zero-order chi connectivity index (χ0) is 14.6. The summed E-state index contributed by atoms with van der Waals surface area (Å²) in [6, 6.07) is 1.77. The van der Waals surface area contributed by atoms with Crippen LogP contribution in [0.3, 0.4) is 0 Å². The fourth-order valence-electron chi connectivity index (χ4n) is 2.95. The van der Waals surface area contributed by atoms with Crippen LogP contribution in [0.2, 0.25) is 0 Å². The van der Waals surface area contributed by atoms with Crippen LogP contribution >= 0.6 is 0 Å². The zero-order valence-electron chi connectivity index (χ0n) is 11.6. The van der Waals surface area contributed by atoms with Crippen molar-refractivity contribution in [2.24, 2.45) is 5.41 Å². The van der Waals surface area contributed by atoms with Crippen molar-refractivity contribution < 1.29 is 19.2 Å². The highest BCUT2D eigenvalue weighted by Gasteiger charge is 2.37. The van der Waals surface area contributed by atoms with Gasteiger partial charge >= 0.3 is 5.97 Å². The van der Waals surface area contributed by atoms with Crippen LogP contribution in [0.5, 0.6) is 0 Å². The second-order valence-electron chi connectivity index (χ2n) is 5.67. The molecule has 0 bridgehead atoms. The first kappa shape index (κ1) is 14.6. The van der Waals surface area contributed by atoms with Crippen LogP contribution in [-0.2, 0) is 16.1 Å². The van der Waals surface area contributed by atoms with Gasteiger partial charge in [0.05, 0.1) is 18.7 Å². The van der Waals surface area contributed by atoms with Crippen molar-refractivity contribution in [1.82, 2.24) is 10.5 Å². The molecule has 1 aromatic heterocycles. The molecule has 6 nitrogen and oxygen atoms in total. The van der Waals surface area contributed by atoms with Crippen molar-refractivity contribution in [3.8, 4) is 0 Å². The predicted octanol–water partition coefficient (Wildman–Crippen LogP) is 2.02. The Hall–Kier alpha value is -1.85. The van der Waals surface area contributed by atoms with Gasteiger partial charge in [-0.2, -0.15) is 0 Å². The molecule has 2 N–H and O–H groups in total. The maximum Gasteiger partial charge on any atom is 0.303 e. The lowest BCUT2D eigenvalue weighted by Gasteiger charge is -2.26. The second kappa shape index (κ2) is 6.07. The Morgan fingerprint density at radius 2 is 2.10 bits per heavy atom. The summed E-state index contributed by atoms with van der Waals surface area (Å²) in [6.45, 7) is 2.11. The monoisotopic (exact) mass is 280 g/mol. The van der Waals surface area contributed by atoms with E-state index in [4.69, 9.17) is 9.63 Å². The van der Waals surface area contributed by atoms with E-state index in [1.54, 1.807) is 6.07 Å². The third kappa shape index (κ3) is 3.82. The highest BCUT2D eigenvalue weighted by Crippen LogP contribution is 2.43. The summed E-state index contributed by atoms with van der Waals surface area (Å²) in [6.07, 6.45) is 3.97. The van der Waals surface area contributed by atoms with E-state index in [0.29, 0.717) is 12.3 Å². The molecule has 0 saturated heterocycles. The summed E-state index contributed by atoms with van der Waals surface area (Å²) >= 11 is 0. The number of aryl methyl sites for hydroxylation is 1. The number of carboxylic acid groups (broad SMARTS) is 1. The molecule has 1 saturated carbocycles. The molecule has 1 aliphatic carbocycles. The minimum atomic E-state index is -0.828. The SMILES string of the molecule is Cc1cc(CNC(=O)CC2(CC(=O)O)CCCC2)on1. The molecule has 1 fully saturated rings. The lowest BCUT2D eigenvalue weighted by Crippen LogP contribution is -2.31. The fraction of sp³-hybridized carbons (Fsp3) is 0.643. The Morgan fingerprint density at radius 1 is 1.40 bits per heavy atom. The molecule has 20 heavy (non-hydrogen) atoms. The first-order valence-corrected chi connectivity index (χ1v) is 6.90. The number of aromatic nitrogens is 1. The first-order chi connectivity index (χ1) is 9.49. The second-order valence-corrected chi connectivity index (χ2v) is 5.67. The summed E-state index contributed by atoms with van der Waals surface area (Å²) in [5.74, 6) is -0.345. The van der Waals surface area contributed by atoms with Crippen molar-refractivity contribution in [2.75, 3.05) is 0 Å². The first-order valence-electron chi connectivity index (χ1n) is 6.90. The number of carbonyl (C=O) groups is 2. The van der Waals surface area contributed by atoms with E-state index < -0.39 is 5.97 Å². The topological polar surface area (TPSA) is 92.4 Å². The van der Waals surface area contributed by atoms with Crippen LogP contribution < -0.4 is 5.32 Å². The summed E-state index contributed by atoms with van der Waals surface area (Å²) in [4.78, 5) is 23.0. The van der Waals surface area contributed by atoms with E-state index in [1.165, 1.54) is 0 Å². The largest absolute Gasteiger partial charge is 0.481 e. The summed E-state index contributed by atoms with van der Waals surface area (Å²) in [5.41, 5.74) is 0.403. The van der Waals surface area contributed by atoms with E-state index in [0.717, 1.165) is 31.4 Å². The Kier molecular flexibility index (Phi) is 4.42. The number of hydrogen-bond donors (Lipinski definition) is 2. The number of carboxylic acids is 1. The standard InChI is InChI=1S/C14H20N2O4/c1-10-6-11(20-16-10)9-15-12(17)7-14(8-13(18)19)4-2-3-5-14/h6H,2-5,7-9H2,1H3,(H,15,17)(H,18,19). The Balaban J connectivity index is 1.87. The van der Waals surface area contributed by atoms with Gasteiger partial charge in [0.2, 0.25) is 5.91 Å². The van der Waals surface area contributed by atoms with Gasteiger partial charge in [0, 0.05) is 12.5 Å². The van der Waals surface area contributed by atoms with Gasteiger partial charge in [-0.05, 0) is 25.2 Å². The lowest BCUT2D eigenvalue weighted by atomic mass is 9.79. The number of hydrogen-bond acceptors (Lipinski definition) is 4. The molecule has 1 aromatic rings. The van der Waals surface area contributed by atoms with Crippen molar-refractivity contribution in [2.45, 2.75) is 52.0 Å². The van der Waals surface area contributed by atoms with Gasteiger partial charge in [-0.1, -0.05) is 18.0 Å². The molecule has 0 atom stereocenters. The molecule has 1 amide bonds. The molecule has 0 spiro atoms. The van der Waals surface area contributed by atoms with Gasteiger partial charge in [0.25, 0.3) is 0 Å². The average Bonchev–Trinajstić information content (AvgIpc) is 2.95. The number of carbonyl (C=O) groups excluding carboxylic acids is 1. The number of aliphatic carboxylic acids is 1. The fourth-order valence-corrected chi connectivity index (χ4v) is 2.95. The molecule has 0 aromatic carbocycles. The summed E-state index contributed by atoms with van der Waals surface area (Å²) < 4.78 is 5.02. The Morgan fingerprint density at radius 3 is 2.65 bits per heavy atom. The minimum absolute atomic E-state index is 0.0713. The molecule has 0 radical (unpaired) electrons. The molecule has 2 rings (SSSR count). The van der Waals surface area contributed by atoms with Crippen LogP contribution in [0.15, 0.2) is 10.6 Å². The van der Waals surface area contributed by atoms with E-state index >= 15 is 0 Å². The quantitative estimate of drug-likeness (QED) is 0.831. The summed E-state index contributed by atoms with van der Waals surface area (Å²) in [5, 5.41) is 15.5. The van der Waals surface area contributed by atoms with Crippen molar-refractivity contribution in [1.29, 1.82) is 0 Å². The van der Waals surface area contributed by atoms with Gasteiger partial charge < -0.3 is 14.9 Å². The smallest absolute Gasteiger partial charge is 0.303 e. The van der Waals surface area contributed by atoms with Crippen LogP contribution in [0.1, 0.15) is 50.0 Å². The van der Waals surface area contributed by atoms with Crippen LogP contribution in [-0.4, -0.2) is 22.1 Å². The highest BCUT2D eigenvalue weighted by atomic mass is 16.5. The molecular formula is C14H20N2O4. The third-order valence-corrected chi connectivity index (χ3v) is 3.86. The van der Waals surface area contributed by atoms with Gasteiger partial charge in [-0.15, -0.1) is 0 Å². The number of nitrogens with zero attached hydrogens (tertiary/aromatic N) is 1. The summed E-state index contributed by atoms with van der Waals surface area (Å²) in [7, 11) is 0. The molecular weight excluding hydrogens is 260 g/mol. The van der Waals surface area contributed by atoms with E-state index in [-0.39, 0.29) is 24.2 Å². The van der Waals surface area contributed by atoms with Crippen LogP contribution in [0, 0.1) is 12.3 Å². The molecule has 6 heteroatoms. The van der Waals surface area contributed by atoms with Crippen molar-refractivity contribution in [3.05, 3.63) is 17.5 Å². The number of amides is 1. The molecule has 1 heterocycles. The molecule has 110 valence electrons. The van der Waals surface area contributed by atoms with E-state index in [9.17, 15) is 9.59 Å². The van der Waals surface area contributed by atoms with Crippen LogP contribution in [0.4, 0.5) is 0 Å². The Labute approximate surface area is 117 Å². The molecule has 0 aliphatic heterocycles. The van der Waals surface area contributed by atoms with Gasteiger partial charge in [0.1, 0.15) is 0 Å². The lowest BCUT2D eigenvalue weighted by molar-refractivity contribution is -0.140. The van der Waals surface area contributed by atoms with Crippen LogP contribution in [0.25, 0.3) is 0 Å². The van der Waals surface area contributed by atoms with Crippen molar-refractivity contribution >= 4 is 11.9 Å². The number of rotatable bonds is 6. The predicted molar refractivity (Wildman–Crippen MR) is 70.9 cm³/mol. The van der Waals surface area contributed by atoms with Gasteiger partial charge in [-0.3, -0.25) is 9.59 Å². The van der Waals surface area contributed by atoms with E-state index in [2.05, 4.69) is 10.5 Å². The average molecular weight is 280 g/mol. The maximum absolute atomic E-state index is 12.0. The van der Waals surface area contributed by atoms with Crippen molar-refractivity contribution in [3.63, 3.8) is 0 Å². The van der Waals surface area contributed by atoms with Gasteiger partial charge in [-0.25, -0.2) is 0 Å². The minimum Gasteiger partial charge on any atom is -0.481 e. The third-order valence-electron chi connectivity index (χ3n) is 3.86. The maximum atomic E-state index is 12.0. The normalized spacial score (nSPS) is 17.1. The van der Waals surface area contributed by atoms with E-state index in [1.807, 2.05) is 6.92 Å². The molecule has 0 unspecified atom stereocenters.